The molecule has 2 aromatic heterocycles. The van der Waals surface area contributed by atoms with Crippen LogP contribution in [0.4, 0.5) is 13.2 Å². The minimum absolute atomic E-state index is 0.0631. The SMILES string of the molecule is CC(C)c1c(C(=O)NC2CNC2)cnn1-c1ccc(C(F)(F)F)cn1. The number of alkyl halides is 3. The van der Waals surface area contributed by atoms with Gasteiger partial charge in [-0.2, -0.15) is 18.3 Å². The summed E-state index contributed by atoms with van der Waals surface area (Å²) in [5, 5.41) is 10.1. The highest BCUT2D eigenvalue weighted by Crippen LogP contribution is 2.29. The summed E-state index contributed by atoms with van der Waals surface area (Å²) in [4.78, 5) is 16.3. The van der Waals surface area contributed by atoms with Gasteiger partial charge in [0.25, 0.3) is 5.91 Å². The van der Waals surface area contributed by atoms with Gasteiger partial charge in [0.05, 0.1) is 29.1 Å². The third-order valence-corrected chi connectivity index (χ3v) is 4.01. The molecule has 0 atom stereocenters. The quantitative estimate of drug-likeness (QED) is 0.883. The Morgan fingerprint density at radius 1 is 1.32 bits per heavy atom. The van der Waals surface area contributed by atoms with E-state index in [1.54, 1.807) is 0 Å². The number of nitrogens with zero attached hydrogens (tertiary/aromatic N) is 3. The molecule has 0 radical (unpaired) electrons. The number of nitrogens with one attached hydrogen (secondary N) is 2. The Kier molecular flexibility index (Phi) is 4.51. The van der Waals surface area contributed by atoms with Crippen molar-refractivity contribution in [3.05, 3.63) is 41.3 Å². The van der Waals surface area contributed by atoms with Crippen LogP contribution >= 0.6 is 0 Å². The Labute approximate surface area is 142 Å². The highest BCUT2D eigenvalue weighted by Gasteiger charge is 2.31. The Balaban J connectivity index is 1.92. The van der Waals surface area contributed by atoms with E-state index in [1.165, 1.54) is 16.9 Å². The zero-order valence-corrected chi connectivity index (χ0v) is 13.8. The van der Waals surface area contributed by atoms with Gasteiger partial charge < -0.3 is 10.6 Å². The molecule has 2 aromatic rings. The number of hydrogen-bond donors (Lipinski definition) is 2. The van der Waals surface area contributed by atoms with Gasteiger partial charge in [0.1, 0.15) is 0 Å². The molecule has 3 heterocycles. The van der Waals surface area contributed by atoms with Crippen LogP contribution in [-0.2, 0) is 6.18 Å². The van der Waals surface area contributed by atoms with E-state index in [0.29, 0.717) is 11.3 Å². The average Bonchev–Trinajstić information content (AvgIpc) is 2.95. The second-order valence-electron chi connectivity index (χ2n) is 6.24. The molecule has 25 heavy (non-hydrogen) atoms. The fraction of sp³-hybridized carbons (Fsp3) is 0.438. The molecule has 1 saturated heterocycles. The van der Waals surface area contributed by atoms with E-state index in [1.807, 2.05) is 13.8 Å². The first-order valence-corrected chi connectivity index (χ1v) is 7.90. The minimum Gasteiger partial charge on any atom is -0.347 e. The lowest BCUT2D eigenvalue weighted by Crippen LogP contribution is -2.57. The van der Waals surface area contributed by atoms with Gasteiger partial charge in [-0.15, -0.1) is 0 Å². The highest BCUT2D eigenvalue weighted by atomic mass is 19.4. The van der Waals surface area contributed by atoms with Crippen LogP contribution in [0.25, 0.3) is 5.82 Å². The van der Waals surface area contributed by atoms with E-state index in [0.717, 1.165) is 25.4 Å². The maximum atomic E-state index is 12.7. The second kappa shape index (κ2) is 6.47. The smallest absolute Gasteiger partial charge is 0.347 e. The molecule has 0 bridgehead atoms. The molecule has 0 spiro atoms. The van der Waals surface area contributed by atoms with Gasteiger partial charge in [-0.1, -0.05) is 13.8 Å². The van der Waals surface area contributed by atoms with E-state index in [4.69, 9.17) is 0 Å². The summed E-state index contributed by atoms with van der Waals surface area (Å²) in [6, 6.07) is 2.28. The minimum atomic E-state index is -4.45. The molecule has 0 aliphatic carbocycles. The number of pyridine rings is 1. The largest absolute Gasteiger partial charge is 0.417 e. The van der Waals surface area contributed by atoms with E-state index in [-0.39, 0.29) is 23.7 Å². The van der Waals surface area contributed by atoms with Gasteiger partial charge >= 0.3 is 6.18 Å². The van der Waals surface area contributed by atoms with Crippen molar-refractivity contribution in [3.63, 3.8) is 0 Å². The zero-order valence-electron chi connectivity index (χ0n) is 13.8. The molecule has 6 nitrogen and oxygen atoms in total. The maximum absolute atomic E-state index is 12.7. The fourth-order valence-electron chi connectivity index (χ4n) is 2.60. The number of halogens is 3. The predicted molar refractivity (Wildman–Crippen MR) is 84.6 cm³/mol. The predicted octanol–water partition coefficient (Wildman–Crippen LogP) is 2.11. The summed E-state index contributed by atoms with van der Waals surface area (Å²) >= 11 is 0. The lowest BCUT2D eigenvalue weighted by atomic mass is 10.0. The van der Waals surface area contributed by atoms with Crippen LogP contribution in [-0.4, -0.2) is 39.8 Å². The molecule has 134 valence electrons. The Morgan fingerprint density at radius 2 is 2.04 bits per heavy atom. The molecular formula is C16H18F3N5O. The summed E-state index contributed by atoms with van der Waals surface area (Å²) in [6.45, 7) is 5.22. The van der Waals surface area contributed by atoms with Crippen LogP contribution in [0.15, 0.2) is 24.5 Å². The van der Waals surface area contributed by atoms with Crippen LogP contribution in [0.5, 0.6) is 0 Å². The summed E-state index contributed by atoms with van der Waals surface area (Å²) < 4.78 is 39.5. The van der Waals surface area contributed by atoms with Crippen molar-refractivity contribution in [2.24, 2.45) is 0 Å². The van der Waals surface area contributed by atoms with Gasteiger partial charge in [0.15, 0.2) is 5.82 Å². The Hall–Kier alpha value is -2.42. The lowest BCUT2D eigenvalue weighted by molar-refractivity contribution is -0.137. The van der Waals surface area contributed by atoms with Gasteiger partial charge in [0.2, 0.25) is 0 Å². The van der Waals surface area contributed by atoms with Gasteiger partial charge in [0, 0.05) is 19.3 Å². The zero-order chi connectivity index (χ0) is 18.2. The number of carbonyl (C=O) groups excluding carboxylic acids is 1. The van der Waals surface area contributed by atoms with Gasteiger partial charge in [-0.05, 0) is 18.1 Å². The van der Waals surface area contributed by atoms with Crippen LogP contribution in [0.2, 0.25) is 0 Å². The average molecular weight is 353 g/mol. The van der Waals surface area contributed by atoms with Crippen molar-refractivity contribution in [2.75, 3.05) is 13.1 Å². The lowest BCUT2D eigenvalue weighted by Gasteiger charge is -2.28. The van der Waals surface area contributed by atoms with Gasteiger partial charge in [-0.25, -0.2) is 9.67 Å². The number of hydrogen-bond acceptors (Lipinski definition) is 4. The van der Waals surface area contributed by atoms with Crippen molar-refractivity contribution in [3.8, 4) is 5.82 Å². The summed E-state index contributed by atoms with van der Waals surface area (Å²) in [5.74, 6) is -0.0683. The van der Waals surface area contributed by atoms with E-state index in [9.17, 15) is 18.0 Å². The molecule has 3 rings (SSSR count). The molecule has 1 amide bonds. The van der Waals surface area contributed by atoms with Crippen molar-refractivity contribution in [1.82, 2.24) is 25.4 Å². The number of aromatic nitrogens is 3. The third kappa shape index (κ3) is 3.51. The topological polar surface area (TPSA) is 71.8 Å². The second-order valence-corrected chi connectivity index (χ2v) is 6.24. The molecule has 0 unspecified atom stereocenters. The summed E-state index contributed by atoms with van der Waals surface area (Å²) in [7, 11) is 0. The standard InChI is InChI=1S/C16H18F3N5O/c1-9(2)14-12(15(25)23-11-6-20-7-11)8-22-24(14)13-4-3-10(5-21-13)16(17,18)19/h3-5,8-9,11,20H,6-7H2,1-2H3,(H,23,25). The van der Waals surface area contributed by atoms with Crippen LogP contribution in [0, 0.1) is 0 Å². The Bertz CT molecular complexity index is 763. The van der Waals surface area contributed by atoms with Crippen molar-refractivity contribution in [1.29, 1.82) is 0 Å². The number of amides is 1. The first kappa shape index (κ1) is 17.4. The van der Waals surface area contributed by atoms with Gasteiger partial charge in [-0.3, -0.25) is 4.79 Å². The number of carbonyl (C=O) groups is 1. The first-order chi connectivity index (χ1) is 11.8. The molecular weight excluding hydrogens is 335 g/mol. The molecule has 9 heteroatoms. The van der Waals surface area contributed by atoms with Crippen molar-refractivity contribution in [2.45, 2.75) is 32.0 Å². The summed E-state index contributed by atoms with van der Waals surface area (Å²) in [6.07, 6.45) is -2.25. The number of rotatable bonds is 4. The first-order valence-electron chi connectivity index (χ1n) is 7.90. The monoisotopic (exact) mass is 353 g/mol. The fourth-order valence-corrected chi connectivity index (χ4v) is 2.60. The normalized spacial score (nSPS) is 15.3. The maximum Gasteiger partial charge on any atom is 0.417 e. The van der Waals surface area contributed by atoms with Crippen molar-refractivity contribution >= 4 is 5.91 Å². The highest BCUT2D eigenvalue weighted by molar-refractivity contribution is 5.95. The van der Waals surface area contributed by atoms with E-state index in [2.05, 4.69) is 20.7 Å². The third-order valence-electron chi connectivity index (χ3n) is 4.01. The molecule has 2 N–H and O–H groups in total. The Morgan fingerprint density at radius 3 is 2.52 bits per heavy atom. The molecule has 0 aromatic carbocycles. The molecule has 1 aliphatic heterocycles. The van der Waals surface area contributed by atoms with E-state index < -0.39 is 11.7 Å². The van der Waals surface area contributed by atoms with E-state index >= 15 is 0 Å². The van der Waals surface area contributed by atoms with Crippen molar-refractivity contribution < 1.29 is 18.0 Å². The van der Waals surface area contributed by atoms with Crippen LogP contribution < -0.4 is 10.6 Å². The molecule has 1 fully saturated rings. The summed E-state index contributed by atoms with van der Waals surface area (Å²) in [5.41, 5.74) is 0.186. The molecule has 1 aliphatic rings. The molecule has 0 saturated carbocycles. The van der Waals surface area contributed by atoms with Crippen LogP contribution in [0.1, 0.15) is 41.4 Å². The van der Waals surface area contributed by atoms with Crippen LogP contribution in [0.3, 0.4) is 0 Å².